The molecule has 36 heavy (non-hydrogen) atoms. The van der Waals surface area contributed by atoms with Gasteiger partial charge >= 0.3 is 5.91 Å². The van der Waals surface area contributed by atoms with Crippen LogP contribution < -0.4 is 9.64 Å². The van der Waals surface area contributed by atoms with E-state index in [1.165, 1.54) is 11.0 Å². The zero-order valence-corrected chi connectivity index (χ0v) is 20.8. The Balaban J connectivity index is 1.77. The first-order chi connectivity index (χ1) is 17.2. The molecule has 1 amide bonds. The number of nitrogens with zero attached hydrogens (tertiary/aromatic N) is 5. The van der Waals surface area contributed by atoms with Gasteiger partial charge in [-0.1, -0.05) is 23.5 Å². The van der Waals surface area contributed by atoms with Crippen molar-refractivity contribution in [1.82, 2.24) is 19.6 Å². The zero-order valence-electron chi connectivity index (χ0n) is 20.0. The molecule has 1 aromatic carbocycles. The number of carbonyl (C=O) groups excluding carboxylic acids is 2. The molecule has 1 fully saturated rings. The summed E-state index contributed by atoms with van der Waals surface area (Å²) in [5, 5.41) is 30.6. The number of fused-ring (bicyclic) bond motifs is 1. The van der Waals surface area contributed by atoms with E-state index in [-0.39, 0.29) is 27.9 Å². The molecule has 5 rings (SSSR count). The van der Waals surface area contributed by atoms with Gasteiger partial charge in [0.2, 0.25) is 5.13 Å². The smallest absolute Gasteiger partial charge is 0.301 e. The number of amides is 1. The van der Waals surface area contributed by atoms with Crippen LogP contribution in [-0.4, -0.2) is 48.1 Å². The highest BCUT2D eigenvalue weighted by Crippen LogP contribution is 2.44. The van der Waals surface area contributed by atoms with Crippen molar-refractivity contribution in [2.75, 3.05) is 11.5 Å². The first-order valence-corrected chi connectivity index (χ1v) is 12.1. The topological polar surface area (TPSA) is 130 Å². The fourth-order valence-electron chi connectivity index (χ4n) is 4.37. The Labute approximate surface area is 210 Å². The SMILES string of the molecule is CCOc1cc(C2C(=C(O)c3nc4c(C)cccn4c3C)C(=O)C(=O)N2c2nnc(C)s2)ccc1O. The number of ketones is 1. The molecular weight excluding hydrogens is 482 g/mol. The lowest BCUT2D eigenvalue weighted by Crippen LogP contribution is -2.29. The normalized spacial score (nSPS) is 17.3. The number of ether oxygens (including phenoxy) is 1. The summed E-state index contributed by atoms with van der Waals surface area (Å²) in [4.78, 5) is 32.5. The summed E-state index contributed by atoms with van der Waals surface area (Å²) < 4.78 is 7.35. The van der Waals surface area contributed by atoms with Gasteiger partial charge < -0.3 is 19.4 Å². The third-order valence-corrected chi connectivity index (χ3v) is 6.91. The second kappa shape index (κ2) is 8.76. The Morgan fingerprint density at radius 2 is 1.94 bits per heavy atom. The molecule has 0 bridgehead atoms. The minimum atomic E-state index is -1.04. The lowest BCUT2D eigenvalue weighted by molar-refractivity contribution is -0.132. The summed E-state index contributed by atoms with van der Waals surface area (Å²) in [6.07, 6.45) is 1.82. The number of hydrogen-bond donors (Lipinski definition) is 2. The van der Waals surface area contributed by atoms with Crippen molar-refractivity contribution in [3.05, 3.63) is 69.6 Å². The lowest BCUT2D eigenvalue weighted by atomic mass is 9.96. The van der Waals surface area contributed by atoms with Gasteiger partial charge in [-0.05, 0) is 57.0 Å². The van der Waals surface area contributed by atoms with Gasteiger partial charge in [0.25, 0.3) is 5.78 Å². The summed E-state index contributed by atoms with van der Waals surface area (Å²) in [7, 11) is 0. The highest BCUT2D eigenvalue weighted by molar-refractivity contribution is 7.15. The van der Waals surface area contributed by atoms with Crippen LogP contribution in [-0.2, 0) is 9.59 Å². The standard InChI is InChI=1S/C25H23N5O5S/c1-5-35-17-11-15(8-9-16(17)31)20-18(22(33)24(34)30(20)25-28-27-14(4)36-25)21(32)19-13(3)29-10-6-7-12(2)23(29)26-19/h6-11,20,31-32H,5H2,1-4H3. The molecule has 0 aliphatic carbocycles. The Kier molecular flexibility index (Phi) is 5.71. The molecule has 1 atom stereocenters. The molecule has 4 heterocycles. The fourth-order valence-corrected chi connectivity index (χ4v) is 5.09. The molecule has 184 valence electrons. The minimum absolute atomic E-state index is 0.0871. The predicted octanol–water partition coefficient (Wildman–Crippen LogP) is 3.84. The molecule has 2 N–H and O–H groups in total. The minimum Gasteiger partial charge on any atom is -0.505 e. The number of anilines is 1. The van der Waals surface area contributed by atoms with Gasteiger partial charge in [0.15, 0.2) is 17.3 Å². The van der Waals surface area contributed by atoms with Crippen molar-refractivity contribution in [1.29, 1.82) is 0 Å². The first-order valence-electron chi connectivity index (χ1n) is 11.2. The van der Waals surface area contributed by atoms with E-state index < -0.39 is 23.5 Å². The predicted molar refractivity (Wildman–Crippen MR) is 133 cm³/mol. The summed E-state index contributed by atoms with van der Waals surface area (Å²) in [6.45, 7) is 7.49. The van der Waals surface area contributed by atoms with Crippen LogP contribution >= 0.6 is 11.3 Å². The summed E-state index contributed by atoms with van der Waals surface area (Å²) in [5.74, 6) is -2.01. The molecule has 1 aliphatic rings. The third kappa shape index (κ3) is 3.59. The summed E-state index contributed by atoms with van der Waals surface area (Å²) in [6, 6.07) is 7.26. The molecule has 11 heteroatoms. The molecule has 0 saturated carbocycles. The zero-order chi connectivity index (χ0) is 25.7. The van der Waals surface area contributed by atoms with Crippen LogP contribution in [0.5, 0.6) is 11.5 Å². The number of phenols is 1. The van der Waals surface area contributed by atoms with Gasteiger partial charge in [-0.15, -0.1) is 10.2 Å². The van der Waals surface area contributed by atoms with Crippen molar-refractivity contribution >= 4 is 39.6 Å². The Hall–Kier alpha value is -4.25. The molecular formula is C25H23N5O5S. The van der Waals surface area contributed by atoms with Gasteiger partial charge in [0, 0.05) is 6.20 Å². The van der Waals surface area contributed by atoms with Gasteiger partial charge in [0.05, 0.1) is 23.9 Å². The van der Waals surface area contributed by atoms with Crippen molar-refractivity contribution in [3.63, 3.8) is 0 Å². The number of benzene rings is 1. The molecule has 10 nitrogen and oxygen atoms in total. The largest absolute Gasteiger partial charge is 0.505 e. The number of aromatic hydroxyl groups is 1. The van der Waals surface area contributed by atoms with E-state index in [0.717, 1.165) is 16.9 Å². The van der Waals surface area contributed by atoms with Crippen LogP contribution in [0, 0.1) is 20.8 Å². The maximum absolute atomic E-state index is 13.4. The van der Waals surface area contributed by atoms with Crippen LogP contribution in [0.3, 0.4) is 0 Å². The second-order valence-electron chi connectivity index (χ2n) is 8.36. The molecule has 0 radical (unpaired) electrons. The monoisotopic (exact) mass is 505 g/mol. The van der Waals surface area contributed by atoms with E-state index in [9.17, 15) is 19.8 Å². The van der Waals surface area contributed by atoms with E-state index in [1.54, 1.807) is 32.9 Å². The number of hydrogen-bond acceptors (Lipinski definition) is 9. The number of carbonyl (C=O) groups is 2. The summed E-state index contributed by atoms with van der Waals surface area (Å²) in [5.41, 5.74) is 2.65. The number of phenolic OH excluding ortho intramolecular Hbond substituents is 1. The number of pyridine rings is 1. The van der Waals surface area contributed by atoms with E-state index in [1.807, 2.05) is 29.7 Å². The van der Waals surface area contributed by atoms with Gasteiger partial charge in [-0.25, -0.2) is 4.98 Å². The maximum atomic E-state index is 13.4. The summed E-state index contributed by atoms with van der Waals surface area (Å²) >= 11 is 1.15. The number of aliphatic hydroxyl groups is 1. The van der Waals surface area contributed by atoms with Gasteiger partial charge in [0.1, 0.15) is 16.3 Å². The number of Topliss-reactive ketones (excluding diaryl/α,β-unsaturated/α-hetero) is 1. The number of aryl methyl sites for hydroxylation is 3. The number of aliphatic hydroxyl groups excluding tert-OH is 1. The van der Waals surface area contributed by atoms with E-state index in [4.69, 9.17) is 4.74 Å². The number of imidazole rings is 1. The van der Waals surface area contributed by atoms with Crippen LogP contribution in [0.4, 0.5) is 5.13 Å². The molecule has 1 unspecified atom stereocenters. The van der Waals surface area contributed by atoms with Crippen molar-refractivity contribution < 1.29 is 24.5 Å². The Bertz CT molecular complexity index is 1570. The third-order valence-electron chi connectivity index (χ3n) is 6.07. The highest BCUT2D eigenvalue weighted by atomic mass is 32.1. The van der Waals surface area contributed by atoms with Crippen LogP contribution in [0.1, 0.15) is 40.5 Å². The molecule has 1 aliphatic heterocycles. The van der Waals surface area contributed by atoms with E-state index in [0.29, 0.717) is 28.5 Å². The Morgan fingerprint density at radius 3 is 2.61 bits per heavy atom. The first kappa shape index (κ1) is 23.5. The van der Waals surface area contributed by atoms with Crippen molar-refractivity contribution in [2.45, 2.75) is 33.7 Å². The molecule has 0 spiro atoms. The average Bonchev–Trinajstić information content (AvgIpc) is 3.50. The van der Waals surface area contributed by atoms with E-state index in [2.05, 4.69) is 15.2 Å². The van der Waals surface area contributed by atoms with Gasteiger partial charge in [-0.2, -0.15) is 0 Å². The van der Waals surface area contributed by atoms with Gasteiger partial charge in [-0.3, -0.25) is 14.5 Å². The van der Waals surface area contributed by atoms with Crippen LogP contribution in [0.25, 0.3) is 11.4 Å². The quantitative estimate of drug-likeness (QED) is 0.238. The molecule has 3 aromatic heterocycles. The number of rotatable bonds is 5. The molecule has 1 saturated heterocycles. The van der Waals surface area contributed by atoms with Crippen molar-refractivity contribution in [2.24, 2.45) is 0 Å². The van der Waals surface area contributed by atoms with Crippen LogP contribution in [0.15, 0.2) is 42.1 Å². The second-order valence-corrected chi connectivity index (χ2v) is 9.52. The van der Waals surface area contributed by atoms with Crippen LogP contribution in [0.2, 0.25) is 0 Å². The fraction of sp³-hybridized carbons (Fsp3) is 0.240. The lowest BCUT2D eigenvalue weighted by Gasteiger charge is -2.23. The van der Waals surface area contributed by atoms with Crippen molar-refractivity contribution in [3.8, 4) is 11.5 Å². The Morgan fingerprint density at radius 1 is 1.17 bits per heavy atom. The highest BCUT2D eigenvalue weighted by Gasteiger charge is 2.49. The van der Waals surface area contributed by atoms with E-state index >= 15 is 0 Å². The average molecular weight is 506 g/mol. The molecule has 4 aromatic rings. The maximum Gasteiger partial charge on any atom is 0.301 e. The number of aromatic nitrogens is 4.